The molecule has 3 aromatic rings. The molecule has 1 N–H and O–H groups in total. The summed E-state index contributed by atoms with van der Waals surface area (Å²) in [4.78, 5) is 27.3. The second kappa shape index (κ2) is 8.86. The van der Waals surface area contributed by atoms with E-state index in [9.17, 15) is 27.9 Å². The van der Waals surface area contributed by atoms with Crippen LogP contribution in [0.15, 0.2) is 64.6 Å². The largest absolute Gasteiger partial charge is 0.573 e. The van der Waals surface area contributed by atoms with Gasteiger partial charge in [-0.1, -0.05) is 0 Å². The van der Waals surface area contributed by atoms with E-state index in [2.05, 4.69) is 4.74 Å². The lowest BCUT2D eigenvalue weighted by atomic mass is 9.98. The molecule has 2 heterocycles. The van der Waals surface area contributed by atoms with Gasteiger partial charge in [-0.15, -0.1) is 13.2 Å². The van der Waals surface area contributed by atoms with Crippen LogP contribution in [0.4, 0.5) is 18.9 Å². The second-order valence-corrected chi connectivity index (χ2v) is 7.84. The molecule has 1 aliphatic heterocycles. The monoisotopic (exact) mass is 487 g/mol. The molecule has 1 unspecified atom stereocenters. The van der Waals surface area contributed by atoms with Crippen molar-refractivity contribution in [2.45, 2.75) is 26.3 Å². The highest BCUT2D eigenvalue weighted by Crippen LogP contribution is 2.43. The number of furan rings is 1. The first-order valence-electron chi connectivity index (χ1n) is 10.4. The van der Waals surface area contributed by atoms with E-state index >= 15 is 0 Å². The smallest absolute Gasteiger partial charge is 0.507 e. The normalized spacial score (nSPS) is 17.7. The van der Waals surface area contributed by atoms with Crippen molar-refractivity contribution in [1.82, 2.24) is 0 Å². The van der Waals surface area contributed by atoms with Crippen LogP contribution in [0.1, 0.15) is 28.7 Å². The number of aryl methyl sites for hydroxylation is 2. The molecule has 35 heavy (non-hydrogen) atoms. The van der Waals surface area contributed by atoms with Crippen LogP contribution in [0.3, 0.4) is 0 Å². The highest BCUT2D eigenvalue weighted by Gasteiger charge is 2.48. The van der Waals surface area contributed by atoms with E-state index < -0.39 is 35.6 Å². The number of amides is 1. The highest BCUT2D eigenvalue weighted by atomic mass is 19.4. The summed E-state index contributed by atoms with van der Waals surface area (Å²) >= 11 is 0. The van der Waals surface area contributed by atoms with Gasteiger partial charge < -0.3 is 19.0 Å². The number of ketones is 1. The van der Waals surface area contributed by atoms with Crippen LogP contribution in [0.2, 0.25) is 0 Å². The summed E-state index contributed by atoms with van der Waals surface area (Å²) in [5.41, 5.74) is 0.870. The fourth-order valence-corrected chi connectivity index (χ4v) is 3.96. The van der Waals surface area contributed by atoms with Gasteiger partial charge in [0.1, 0.15) is 34.8 Å². The van der Waals surface area contributed by atoms with Crippen LogP contribution in [-0.2, 0) is 9.59 Å². The van der Waals surface area contributed by atoms with Crippen molar-refractivity contribution in [3.05, 3.63) is 82.8 Å². The number of hydrogen-bond acceptors (Lipinski definition) is 6. The molecule has 10 heteroatoms. The Hall–Kier alpha value is -4.21. The Labute approximate surface area is 198 Å². The average Bonchev–Trinajstić information content (AvgIpc) is 3.33. The van der Waals surface area contributed by atoms with E-state index in [1.54, 1.807) is 44.2 Å². The maximum Gasteiger partial charge on any atom is 0.573 e. The Morgan fingerprint density at radius 1 is 1.03 bits per heavy atom. The number of halogens is 3. The zero-order valence-corrected chi connectivity index (χ0v) is 18.8. The van der Waals surface area contributed by atoms with Crippen LogP contribution in [0.25, 0.3) is 5.76 Å². The summed E-state index contributed by atoms with van der Waals surface area (Å²) in [5.74, 6) is -1.58. The van der Waals surface area contributed by atoms with Gasteiger partial charge in [0.25, 0.3) is 11.7 Å². The molecule has 1 aromatic heterocycles. The van der Waals surface area contributed by atoms with Crippen molar-refractivity contribution in [2.24, 2.45) is 0 Å². The molecule has 182 valence electrons. The summed E-state index contributed by atoms with van der Waals surface area (Å²) in [6.45, 7) is 3.43. The summed E-state index contributed by atoms with van der Waals surface area (Å²) in [6.07, 6.45) is -4.88. The number of aliphatic hydroxyl groups is 1. The molecule has 1 saturated heterocycles. The molecule has 1 fully saturated rings. The minimum absolute atomic E-state index is 0.116. The number of nitrogens with zero attached hydrogens (tertiary/aromatic N) is 1. The summed E-state index contributed by atoms with van der Waals surface area (Å²) in [6, 6.07) is 11.3. The first-order chi connectivity index (χ1) is 16.5. The number of Topliss-reactive ketones (excluding diaryl/α,β-unsaturated/α-hetero) is 1. The van der Waals surface area contributed by atoms with Gasteiger partial charge in [-0.2, -0.15) is 0 Å². The third-order valence-corrected chi connectivity index (χ3v) is 5.49. The van der Waals surface area contributed by atoms with E-state index in [-0.39, 0.29) is 22.6 Å². The Bertz CT molecular complexity index is 1320. The Morgan fingerprint density at radius 3 is 2.26 bits per heavy atom. The lowest BCUT2D eigenvalue weighted by molar-refractivity contribution is -0.274. The van der Waals surface area contributed by atoms with Crippen molar-refractivity contribution in [3.63, 3.8) is 0 Å². The van der Waals surface area contributed by atoms with Gasteiger partial charge in [0.05, 0.1) is 12.7 Å². The lowest BCUT2D eigenvalue weighted by Gasteiger charge is -2.23. The van der Waals surface area contributed by atoms with E-state index in [0.717, 1.165) is 17.0 Å². The Morgan fingerprint density at radius 2 is 1.71 bits per heavy atom. The van der Waals surface area contributed by atoms with Gasteiger partial charge in [-0.25, -0.2) is 0 Å². The molecule has 1 atom stereocenters. The molecule has 0 spiro atoms. The number of carbonyl (C=O) groups is 2. The van der Waals surface area contributed by atoms with Crippen molar-refractivity contribution in [2.75, 3.05) is 12.0 Å². The summed E-state index contributed by atoms with van der Waals surface area (Å²) in [5, 5.41) is 11.1. The number of ether oxygens (including phenoxy) is 2. The number of anilines is 1. The average molecular weight is 487 g/mol. The number of methoxy groups -OCH3 is 1. The predicted octanol–water partition coefficient (Wildman–Crippen LogP) is 5.43. The number of benzene rings is 2. The van der Waals surface area contributed by atoms with Crippen LogP contribution in [0.5, 0.6) is 11.5 Å². The molecular weight excluding hydrogens is 467 g/mol. The molecular formula is C25H20F3NO6. The van der Waals surface area contributed by atoms with E-state index in [1.165, 1.54) is 19.2 Å². The van der Waals surface area contributed by atoms with Gasteiger partial charge in [-0.3, -0.25) is 14.5 Å². The van der Waals surface area contributed by atoms with Crippen LogP contribution in [0, 0.1) is 13.8 Å². The van der Waals surface area contributed by atoms with Crippen molar-refractivity contribution in [1.29, 1.82) is 0 Å². The van der Waals surface area contributed by atoms with E-state index in [0.29, 0.717) is 17.1 Å². The van der Waals surface area contributed by atoms with Crippen LogP contribution < -0.4 is 14.4 Å². The molecule has 7 nitrogen and oxygen atoms in total. The third kappa shape index (κ3) is 4.59. The van der Waals surface area contributed by atoms with Gasteiger partial charge in [-0.05, 0) is 74.0 Å². The molecule has 0 radical (unpaired) electrons. The van der Waals surface area contributed by atoms with Crippen LogP contribution >= 0.6 is 0 Å². The molecule has 0 saturated carbocycles. The van der Waals surface area contributed by atoms with Crippen molar-refractivity contribution < 1.29 is 41.8 Å². The van der Waals surface area contributed by atoms with Crippen molar-refractivity contribution in [3.8, 4) is 11.5 Å². The number of rotatable bonds is 5. The zero-order valence-electron chi connectivity index (χ0n) is 18.8. The van der Waals surface area contributed by atoms with Gasteiger partial charge >= 0.3 is 6.36 Å². The second-order valence-electron chi connectivity index (χ2n) is 7.84. The Kier molecular flexibility index (Phi) is 6.06. The van der Waals surface area contributed by atoms with E-state index in [4.69, 9.17) is 9.15 Å². The predicted molar refractivity (Wildman–Crippen MR) is 119 cm³/mol. The molecule has 2 aromatic carbocycles. The molecule has 4 rings (SSSR count). The molecule has 1 amide bonds. The minimum atomic E-state index is -4.88. The van der Waals surface area contributed by atoms with E-state index in [1.807, 2.05) is 0 Å². The fraction of sp³-hybridized carbons (Fsp3) is 0.200. The number of carbonyl (C=O) groups excluding carboxylic acids is 2. The Balaban J connectivity index is 1.84. The van der Waals surface area contributed by atoms with Gasteiger partial charge in [0.2, 0.25) is 0 Å². The number of aliphatic hydroxyl groups excluding tert-OH is 1. The molecule has 0 aliphatic carbocycles. The highest BCUT2D eigenvalue weighted by molar-refractivity contribution is 6.51. The van der Waals surface area contributed by atoms with Crippen LogP contribution in [-0.4, -0.2) is 30.3 Å². The zero-order chi connectivity index (χ0) is 25.5. The first-order valence-corrected chi connectivity index (χ1v) is 10.4. The summed E-state index contributed by atoms with van der Waals surface area (Å²) in [7, 11) is 1.50. The summed E-state index contributed by atoms with van der Waals surface area (Å²) < 4.78 is 52.4. The molecule has 0 bridgehead atoms. The quantitative estimate of drug-likeness (QED) is 0.293. The fourth-order valence-electron chi connectivity index (χ4n) is 3.96. The lowest BCUT2D eigenvalue weighted by Crippen LogP contribution is -2.29. The molecule has 1 aliphatic rings. The number of hydrogen-bond donors (Lipinski definition) is 1. The van der Waals surface area contributed by atoms with Gasteiger partial charge in [0.15, 0.2) is 0 Å². The number of alkyl halides is 3. The topological polar surface area (TPSA) is 89.2 Å². The first kappa shape index (κ1) is 23.9. The minimum Gasteiger partial charge on any atom is -0.507 e. The standard InChI is InChI=1S/C25H20F3NO6/c1-13-12-15(5-11-18(13)33-3)22(30)20-21(19-10-4-14(2)34-19)29(24(32)23(20)31)16-6-8-17(9-7-16)35-25(26,27)28/h4-12,21,30H,1-3H3/b22-20-. The maximum atomic E-state index is 13.1. The maximum absolute atomic E-state index is 13.1. The third-order valence-electron chi connectivity index (χ3n) is 5.49. The van der Waals surface area contributed by atoms with Gasteiger partial charge in [0, 0.05) is 11.3 Å². The van der Waals surface area contributed by atoms with Crippen molar-refractivity contribution >= 4 is 23.1 Å². The SMILES string of the molecule is COc1ccc(/C(O)=C2/C(=O)C(=O)N(c3ccc(OC(F)(F)F)cc3)C2c2ccc(C)o2)cc1C.